The van der Waals surface area contributed by atoms with E-state index < -0.39 is 0 Å². The van der Waals surface area contributed by atoms with Crippen molar-refractivity contribution >= 4 is 11.6 Å². The van der Waals surface area contributed by atoms with Crippen LogP contribution in [0.4, 0.5) is 0 Å². The smallest absolute Gasteiger partial charge is 0.151 e. The first kappa shape index (κ1) is 6.07. The Hall–Kier alpha value is -0.670. The van der Waals surface area contributed by atoms with E-state index in [-0.39, 0.29) is 6.10 Å². The molecule has 52 valence electrons. The van der Waals surface area contributed by atoms with Crippen molar-refractivity contribution in [2.75, 3.05) is 6.61 Å². The summed E-state index contributed by atoms with van der Waals surface area (Å²) in [5.41, 5.74) is 0.865. The minimum Gasteiger partial charge on any atom is -0.366 e. The van der Waals surface area contributed by atoms with E-state index in [2.05, 4.69) is 10.2 Å². The van der Waals surface area contributed by atoms with E-state index >= 15 is 0 Å². The van der Waals surface area contributed by atoms with Crippen LogP contribution in [0.2, 0.25) is 5.15 Å². The zero-order valence-electron chi connectivity index (χ0n) is 5.12. The maximum absolute atomic E-state index is 5.52. The summed E-state index contributed by atoms with van der Waals surface area (Å²) < 4.78 is 4.99. The molecule has 0 saturated carbocycles. The Kier molecular flexibility index (Phi) is 1.32. The molecule has 1 saturated heterocycles. The van der Waals surface area contributed by atoms with E-state index in [1.807, 2.05) is 6.07 Å². The second-order valence-corrected chi connectivity index (χ2v) is 2.49. The van der Waals surface area contributed by atoms with Crippen LogP contribution < -0.4 is 0 Å². The molecule has 4 heteroatoms. The van der Waals surface area contributed by atoms with E-state index in [0.717, 1.165) is 12.3 Å². The van der Waals surface area contributed by atoms with Crippen LogP contribution in [0.25, 0.3) is 0 Å². The molecular formula is C6H5ClN2O. The molecule has 2 rings (SSSR count). The highest BCUT2D eigenvalue weighted by molar-refractivity contribution is 6.29. The van der Waals surface area contributed by atoms with Crippen LogP contribution >= 0.6 is 11.6 Å². The summed E-state index contributed by atoms with van der Waals surface area (Å²) in [4.78, 5) is 0. The van der Waals surface area contributed by atoms with Gasteiger partial charge in [0.25, 0.3) is 0 Å². The quantitative estimate of drug-likeness (QED) is 0.574. The third kappa shape index (κ3) is 1.10. The molecule has 1 unspecified atom stereocenters. The first-order valence-corrected chi connectivity index (χ1v) is 3.35. The van der Waals surface area contributed by atoms with E-state index in [0.29, 0.717) is 5.15 Å². The Morgan fingerprint density at radius 2 is 2.30 bits per heavy atom. The normalized spacial score (nSPS) is 22.7. The summed E-state index contributed by atoms with van der Waals surface area (Å²) in [6.07, 6.45) is 0.171. The van der Waals surface area contributed by atoms with Crippen molar-refractivity contribution in [3.05, 3.63) is 23.0 Å². The Morgan fingerprint density at radius 1 is 1.50 bits per heavy atom. The molecule has 0 bridgehead atoms. The summed E-state index contributed by atoms with van der Waals surface area (Å²) in [5, 5.41) is 7.93. The second kappa shape index (κ2) is 2.18. The highest BCUT2D eigenvalue weighted by Gasteiger charge is 2.26. The molecule has 1 fully saturated rings. The molecule has 1 aromatic heterocycles. The molecule has 10 heavy (non-hydrogen) atoms. The fraction of sp³-hybridized carbons (Fsp3) is 0.333. The minimum absolute atomic E-state index is 0.171. The summed E-state index contributed by atoms with van der Waals surface area (Å²) in [6.45, 7) is 0.760. The molecule has 0 aromatic carbocycles. The van der Waals surface area contributed by atoms with Gasteiger partial charge < -0.3 is 4.74 Å². The third-order valence-electron chi connectivity index (χ3n) is 1.32. The SMILES string of the molecule is Clc1ccc(C2CO2)nn1. The van der Waals surface area contributed by atoms with Crippen LogP contribution in [0.3, 0.4) is 0 Å². The molecule has 3 nitrogen and oxygen atoms in total. The van der Waals surface area contributed by atoms with Crippen molar-refractivity contribution in [2.24, 2.45) is 0 Å². The van der Waals surface area contributed by atoms with Gasteiger partial charge >= 0.3 is 0 Å². The molecule has 1 atom stereocenters. The molecule has 1 aromatic rings. The monoisotopic (exact) mass is 156 g/mol. The van der Waals surface area contributed by atoms with Crippen molar-refractivity contribution in [1.29, 1.82) is 0 Å². The number of hydrogen-bond donors (Lipinski definition) is 0. The topological polar surface area (TPSA) is 38.3 Å². The lowest BCUT2D eigenvalue weighted by molar-refractivity contribution is 0.410. The number of halogens is 1. The predicted molar refractivity (Wildman–Crippen MR) is 35.7 cm³/mol. The fourth-order valence-electron chi connectivity index (χ4n) is 0.717. The first-order valence-electron chi connectivity index (χ1n) is 2.97. The van der Waals surface area contributed by atoms with Crippen molar-refractivity contribution in [2.45, 2.75) is 6.10 Å². The van der Waals surface area contributed by atoms with Crippen LogP contribution in [-0.4, -0.2) is 16.8 Å². The molecule has 2 heterocycles. The Balaban J connectivity index is 2.28. The maximum Gasteiger partial charge on any atom is 0.151 e. The van der Waals surface area contributed by atoms with E-state index in [9.17, 15) is 0 Å². The van der Waals surface area contributed by atoms with Gasteiger partial charge in [-0.05, 0) is 12.1 Å². The van der Waals surface area contributed by atoms with Gasteiger partial charge in [-0.1, -0.05) is 11.6 Å². The van der Waals surface area contributed by atoms with Crippen LogP contribution in [-0.2, 0) is 4.74 Å². The average Bonchev–Trinajstić information content (AvgIpc) is 2.71. The predicted octanol–water partition coefficient (Wildman–Crippen LogP) is 1.20. The van der Waals surface area contributed by atoms with Gasteiger partial charge in [-0.3, -0.25) is 0 Å². The van der Waals surface area contributed by atoms with Gasteiger partial charge in [-0.25, -0.2) is 0 Å². The van der Waals surface area contributed by atoms with Gasteiger partial charge in [0.1, 0.15) is 6.10 Å². The second-order valence-electron chi connectivity index (χ2n) is 2.10. The minimum atomic E-state index is 0.171. The zero-order valence-corrected chi connectivity index (χ0v) is 5.88. The lowest BCUT2D eigenvalue weighted by Gasteiger charge is -1.90. The average molecular weight is 157 g/mol. The number of rotatable bonds is 1. The number of ether oxygens (including phenoxy) is 1. The number of hydrogen-bond acceptors (Lipinski definition) is 3. The van der Waals surface area contributed by atoms with Crippen LogP contribution in [0.15, 0.2) is 12.1 Å². The van der Waals surface area contributed by atoms with Gasteiger partial charge in [0.2, 0.25) is 0 Å². The van der Waals surface area contributed by atoms with Crippen molar-refractivity contribution in [3.8, 4) is 0 Å². The Bertz CT molecular complexity index is 232. The number of epoxide rings is 1. The summed E-state index contributed by atoms with van der Waals surface area (Å²) in [5.74, 6) is 0. The largest absolute Gasteiger partial charge is 0.366 e. The van der Waals surface area contributed by atoms with E-state index in [1.165, 1.54) is 0 Å². The van der Waals surface area contributed by atoms with Gasteiger partial charge in [0, 0.05) is 0 Å². The maximum atomic E-state index is 5.52. The molecule has 1 aliphatic heterocycles. The third-order valence-corrected chi connectivity index (χ3v) is 1.52. The molecule has 0 radical (unpaired) electrons. The van der Waals surface area contributed by atoms with Crippen LogP contribution in [0, 0.1) is 0 Å². The molecular weight excluding hydrogens is 152 g/mol. The number of nitrogens with zero attached hydrogens (tertiary/aromatic N) is 2. The van der Waals surface area contributed by atoms with Gasteiger partial charge in [0.05, 0.1) is 12.3 Å². The highest BCUT2D eigenvalue weighted by atomic mass is 35.5. The van der Waals surface area contributed by atoms with E-state index in [1.54, 1.807) is 6.07 Å². The lowest BCUT2D eigenvalue weighted by atomic mass is 10.3. The summed E-state index contributed by atoms with van der Waals surface area (Å²) >= 11 is 5.52. The zero-order chi connectivity index (χ0) is 6.97. The molecule has 0 amide bonds. The lowest BCUT2D eigenvalue weighted by Crippen LogP contribution is -1.89. The van der Waals surface area contributed by atoms with Gasteiger partial charge in [0.15, 0.2) is 5.15 Å². The summed E-state index contributed by atoms with van der Waals surface area (Å²) in [6, 6.07) is 3.54. The fourth-order valence-corrected chi connectivity index (χ4v) is 0.818. The number of aromatic nitrogens is 2. The molecule has 0 spiro atoms. The molecule has 0 aliphatic carbocycles. The summed E-state index contributed by atoms with van der Waals surface area (Å²) in [7, 11) is 0. The van der Waals surface area contributed by atoms with E-state index in [4.69, 9.17) is 16.3 Å². The van der Waals surface area contributed by atoms with Gasteiger partial charge in [-0.15, -0.1) is 5.10 Å². The van der Waals surface area contributed by atoms with Crippen molar-refractivity contribution < 1.29 is 4.74 Å². The Morgan fingerprint density at radius 3 is 2.80 bits per heavy atom. The molecule has 0 N–H and O–H groups in total. The Labute approximate surface area is 63.0 Å². The highest BCUT2D eigenvalue weighted by Crippen LogP contribution is 2.27. The van der Waals surface area contributed by atoms with Crippen LogP contribution in [0.1, 0.15) is 11.8 Å². The van der Waals surface area contributed by atoms with Crippen molar-refractivity contribution in [3.63, 3.8) is 0 Å². The van der Waals surface area contributed by atoms with Crippen LogP contribution in [0.5, 0.6) is 0 Å². The first-order chi connectivity index (χ1) is 4.86. The van der Waals surface area contributed by atoms with Crippen molar-refractivity contribution in [1.82, 2.24) is 10.2 Å². The standard InChI is InChI=1S/C6H5ClN2O/c7-6-2-1-4(8-9-6)5-3-10-5/h1-2,5H,3H2. The molecule has 1 aliphatic rings. The van der Waals surface area contributed by atoms with Gasteiger partial charge in [-0.2, -0.15) is 5.10 Å².